The van der Waals surface area contributed by atoms with E-state index in [1.165, 1.54) is 5.56 Å². The second-order valence-corrected chi connectivity index (χ2v) is 4.33. The minimum absolute atomic E-state index is 0.317. The lowest BCUT2D eigenvalue weighted by molar-refractivity contribution is 0.186. The molecule has 0 spiro atoms. The van der Waals surface area contributed by atoms with Crippen LogP contribution in [0.5, 0.6) is 0 Å². The van der Waals surface area contributed by atoms with Gasteiger partial charge in [-0.15, -0.1) is 0 Å². The Bertz CT molecular complexity index is 290. The molecule has 2 atom stereocenters. The first kappa shape index (κ1) is 14.2. The monoisotopic (exact) mass is 236 g/mol. The lowest BCUT2D eigenvalue weighted by Crippen LogP contribution is -2.39. The third-order valence-electron chi connectivity index (χ3n) is 3.23. The largest absolute Gasteiger partial charge is 0.385 e. The molecule has 1 rings (SSSR count). The second kappa shape index (κ2) is 8.23. The van der Waals surface area contributed by atoms with Crippen LogP contribution in [-0.4, -0.2) is 19.8 Å². The molecule has 3 heteroatoms. The number of ether oxygens (including phenoxy) is 1. The molecule has 3 nitrogen and oxygen atoms in total. The number of nitrogens with one attached hydrogen (secondary N) is 1. The van der Waals surface area contributed by atoms with E-state index >= 15 is 0 Å². The van der Waals surface area contributed by atoms with Crippen molar-refractivity contribution in [3.8, 4) is 0 Å². The van der Waals surface area contributed by atoms with Crippen molar-refractivity contribution in [2.24, 2.45) is 5.84 Å². The summed E-state index contributed by atoms with van der Waals surface area (Å²) >= 11 is 0. The molecular weight excluding hydrogens is 212 g/mol. The molecular formula is C14H24N2O. The van der Waals surface area contributed by atoms with E-state index in [2.05, 4.69) is 36.6 Å². The van der Waals surface area contributed by atoms with Crippen molar-refractivity contribution in [3.05, 3.63) is 35.9 Å². The van der Waals surface area contributed by atoms with E-state index in [0.717, 1.165) is 25.9 Å². The summed E-state index contributed by atoms with van der Waals surface area (Å²) in [4.78, 5) is 0. The van der Waals surface area contributed by atoms with Crippen LogP contribution in [0.3, 0.4) is 0 Å². The Hall–Kier alpha value is -0.900. The quantitative estimate of drug-likeness (QED) is 0.414. The molecule has 0 saturated heterocycles. The van der Waals surface area contributed by atoms with Crippen LogP contribution in [0.25, 0.3) is 0 Å². The average Bonchev–Trinajstić information content (AvgIpc) is 2.39. The van der Waals surface area contributed by atoms with E-state index in [9.17, 15) is 0 Å². The maximum absolute atomic E-state index is 5.68. The molecule has 0 heterocycles. The van der Waals surface area contributed by atoms with Crippen molar-refractivity contribution >= 4 is 0 Å². The molecule has 1 aromatic carbocycles. The minimum Gasteiger partial charge on any atom is -0.385 e. The van der Waals surface area contributed by atoms with Crippen molar-refractivity contribution in [1.82, 2.24) is 5.43 Å². The van der Waals surface area contributed by atoms with Crippen molar-refractivity contribution < 1.29 is 4.74 Å². The van der Waals surface area contributed by atoms with Crippen molar-refractivity contribution in [3.63, 3.8) is 0 Å². The highest BCUT2D eigenvalue weighted by Gasteiger charge is 2.19. The average molecular weight is 236 g/mol. The van der Waals surface area contributed by atoms with Gasteiger partial charge in [0.15, 0.2) is 0 Å². The van der Waals surface area contributed by atoms with Crippen LogP contribution < -0.4 is 11.3 Å². The fraction of sp³-hybridized carbons (Fsp3) is 0.571. The molecule has 0 saturated carbocycles. The summed E-state index contributed by atoms with van der Waals surface area (Å²) in [5.41, 5.74) is 4.31. The highest BCUT2D eigenvalue weighted by atomic mass is 16.5. The van der Waals surface area contributed by atoms with Gasteiger partial charge in [0.05, 0.1) is 0 Å². The summed E-state index contributed by atoms with van der Waals surface area (Å²) < 4.78 is 5.09. The Morgan fingerprint density at radius 1 is 1.29 bits per heavy atom. The van der Waals surface area contributed by atoms with Gasteiger partial charge in [-0.05, 0) is 24.8 Å². The molecule has 2 unspecified atom stereocenters. The summed E-state index contributed by atoms with van der Waals surface area (Å²) in [5, 5.41) is 0. The summed E-state index contributed by atoms with van der Waals surface area (Å²) in [7, 11) is 1.74. The molecule has 96 valence electrons. The summed E-state index contributed by atoms with van der Waals surface area (Å²) in [6, 6.07) is 10.9. The zero-order chi connectivity index (χ0) is 12.5. The van der Waals surface area contributed by atoms with E-state index in [1.54, 1.807) is 7.11 Å². The van der Waals surface area contributed by atoms with Crippen molar-refractivity contribution in [2.45, 2.75) is 38.1 Å². The van der Waals surface area contributed by atoms with Gasteiger partial charge >= 0.3 is 0 Å². The molecule has 17 heavy (non-hydrogen) atoms. The van der Waals surface area contributed by atoms with Crippen LogP contribution >= 0.6 is 0 Å². The SMILES string of the molecule is CCC(c1ccccc1)C(CCCOC)NN. The van der Waals surface area contributed by atoms with E-state index in [0.29, 0.717) is 12.0 Å². The molecule has 3 N–H and O–H groups in total. The number of hydrogen-bond acceptors (Lipinski definition) is 3. The van der Waals surface area contributed by atoms with Crippen LogP contribution in [0.2, 0.25) is 0 Å². The van der Waals surface area contributed by atoms with E-state index < -0.39 is 0 Å². The molecule has 0 amide bonds. The van der Waals surface area contributed by atoms with Gasteiger partial charge in [0.1, 0.15) is 0 Å². The molecule has 0 fully saturated rings. The Labute approximate surface area is 104 Å². The predicted octanol–water partition coefficient (Wildman–Crippen LogP) is 2.44. The smallest absolute Gasteiger partial charge is 0.0462 e. The third-order valence-corrected chi connectivity index (χ3v) is 3.23. The molecule has 0 aliphatic carbocycles. The van der Waals surface area contributed by atoms with Gasteiger partial charge in [-0.2, -0.15) is 0 Å². The fourth-order valence-electron chi connectivity index (χ4n) is 2.30. The number of nitrogens with two attached hydrogens (primary N) is 1. The summed E-state index contributed by atoms with van der Waals surface area (Å²) in [6.45, 7) is 3.00. The van der Waals surface area contributed by atoms with E-state index in [-0.39, 0.29) is 0 Å². The molecule has 1 aromatic rings. The van der Waals surface area contributed by atoms with Crippen LogP contribution in [0.15, 0.2) is 30.3 Å². The Kier molecular flexibility index (Phi) is 6.86. The zero-order valence-electron chi connectivity index (χ0n) is 10.9. The van der Waals surface area contributed by atoms with Crippen LogP contribution in [0.4, 0.5) is 0 Å². The molecule has 0 bridgehead atoms. The molecule has 0 aliphatic heterocycles. The van der Waals surface area contributed by atoms with E-state index in [4.69, 9.17) is 10.6 Å². The maximum Gasteiger partial charge on any atom is 0.0462 e. The zero-order valence-corrected chi connectivity index (χ0v) is 10.9. The van der Waals surface area contributed by atoms with Gasteiger partial charge in [-0.25, -0.2) is 0 Å². The normalized spacial score (nSPS) is 14.5. The van der Waals surface area contributed by atoms with E-state index in [1.807, 2.05) is 6.07 Å². The van der Waals surface area contributed by atoms with Gasteiger partial charge in [0.25, 0.3) is 0 Å². The number of hydrogen-bond donors (Lipinski definition) is 2. The Balaban J connectivity index is 2.63. The number of hydrazine groups is 1. The lowest BCUT2D eigenvalue weighted by atomic mass is 9.87. The summed E-state index contributed by atoms with van der Waals surface area (Å²) in [5.74, 6) is 6.15. The molecule has 0 aliphatic rings. The van der Waals surface area contributed by atoms with Gasteiger partial charge in [0.2, 0.25) is 0 Å². The lowest BCUT2D eigenvalue weighted by Gasteiger charge is -2.26. The van der Waals surface area contributed by atoms with Crippen LogP contribution in [0.1, 0.15) is 37.7 Å². The summed E-state index contributed by atoms with van der Waals surface area (Å²) in [6.07, 6.45) is 3.16. The maximum atomic E-state index is 5.68. The van der Waals surface area contributed by atoms with Gasteiger partial charge in [-0.1, -0.05) is 37.3 Å². The van der Waals surface area contributed by atoms with Gasteiger partial charge in [-0.3, -0.25) is 11.3 Å². The van der Waals surface area contributed by atoms with Crippen LogP contribution in [0, 0.1) is 0 Å². The fourth-order valence-corrected chi connectivity index (χ4v) is 2.30. The predicted molar refractivity (Wildman–Crippen MR) is 71.7 cm³/mol. The van der Waals surface area contributed by atoms with Gasteiger partial charge in [0, 0.05) is 25.7 Å². The topological polar surface area (TPSA) is 47.3 Å². The van der Waals surface area contributed by atoms with Crippen molar-refractivity contribution in [1.29, 1.82) is 0 Å². The highest BCUT2D eigenvalue weighted by Crippen LogP contribution is 2.25. The molecule has 0 aromatic heterocycles. The Morgan fingerprint density at radius 3 is 2.53 bits per heavy atom. The second-order valence-electron chi connectivity index (χ2n) is 4.33. The first-order valence-corrected chi connectivity index (χ1v) is 6.33. The standard InChI is InChI=1S/C14H24N2O/c1-3-13(12-8-5-4-6-9-12)14(16-15)10-7-11-17-2/h4-6,8-9,13-14,16H,3,7,10-11,15H2,1-2H3. The van der Waals surface area contributed by atoms with Crippen LogP contribution in [-0.2, 0) is 4.74 Å². The minimum atomic E-state index is 0.317. The number of rotatable bonds is 8. The van der Waals surface area contributed by atoms with Crippen molar-refractivity contribution in [2.75, 3.05) is 13.7 Å². The number of methoxy groups -OCH3 is 1. The van der Waals surface area contributed by atoms with Gasteiger partial charge < -0.3 is 4.74 Å². The molecule has 0 radical (unpaired) electrons. The highest BCUT2D eigenvalue weighted by molar-refractivity contribution is 5.21. The number of benzene rings is 1. The Morgan fingerprint density at radius 2 is 2.00 bits per heavy atom. The first-order chi connectivity index (χ1) is 8.33. The first-order valence-electron chi connectivity index (χ1n) is 6.33. The third kappa shape index (κ3) is 4.46.